The highest BCUT2D eigenvalue weighted by Gasteiger charge is 2.17. The van der Waals surface area contributed by atoms with Crippen molar-refractivity contribution in [2.45, 2.75) is 25.5 Å². The summed E-state index contributed by atoms with van der Waals surface area (Å²) >= 11 is 0. The van der Waals surface area contributed by atoms with Crippen LogP contribution in [0.3, 0.4) is 0 Å². The molecule has 2 aromatic rings. The first kappa shape index (κ1) is 17.1. The fraction of sp³-hybridized carbons (Fsp3) is 0.316. The van der Waals surface area contributed by atoms with Crippen LogP contribution in [-0.4, -0.2) is 36.1 Å². The molecule has 1 unspecified atom stereocenters. The topological polar surface area (TPSA) is 80.3 Å². The van der Waals surface area contributed by atoms with Crippen molar-refractivity contribution in [3.63, 3.8) is 0 Å². The van der Waals surface area contributed by atoms with E-state index in [9.17, 15) is 9.59 Å². The molecular weight excluding hydrogens is 318 g/mol. The van der Waals surface area contributed by atoms with Crippen molar-refractivity contribution in [1.82, 2.24) is 15.6 Å². The molecule has 2 heterocycles. The van der Waals surface area contributed by atoms with Crippen molar-refractivity contribution in [3.8, 4) is 0 Å². The van der Waals surface area contributed by atoms with E-state index in [1.165, 1.54) is 0 Å². The third-order valence-corrected chi connectivity index (χ3v) is 4.02. The molecule has 130 valence electrons. The summed E-state index contributed by atoms with van der Waals surface area (Å²) in [5, 5.41) is 5.61. The lowest BCUT2D eigenvalue weighted by Crippen LogP contribution is -2.32. The highest BCUT2D eigenvalue weighted by Crippen LogP contribution is 2.10. The fourth-order valence-corrected chi connectivity index (χ4v) is 2.66. The number of nitrogens with zero attached hydrogens (tertiary/aromatic N) is 1. The average molecular weight is 339 g/mol. The zero-order chi connectivity index (χ0) is 17.5. The first-order chi connectivity index (χ1) is 12.2. The molecule has 1 aromatic heterocycles. The van der Waals surface area contributed by atoms with Crippen LogP contribution in [-0.2, 0) is 11.3 Å². The Morgan fingerprint density at radius 3 is 2.40 bits per heavy atom. The van der Waals surface area contributed by atoms with Crippen LogP contribution in [0, 0.1) is 0 Å². The molecule has 1 aromatic carbocycles. The lowest BCUT2D eigenvalue weighted by Gasteiger charge is -2.11. The van der Waals surface area contributed by atoms with E-state index < -0.39 is 0 Å². The summed E-state index contributed by atoms with van der Waals surface area (Å²) in [7, 11) is 0. The Morgan fingerprint density at radius 2 is 1.72 bits per heavy atom. The van der Waals surface area contributed by atoms with Crippen LogP contribution < -0.4 is 10.6 Å². The van der Waals surface area contributed by atoms with Crippen molar-refractivity contribution in [1.29, 1.82) is 0 Å². The minimum atomic E-state index is -0.308. The number of benzene rings is 1. The van der Waals surface area contributed by atoms with Crippen LogP contribution in [0.5, 0.6) is 0 Å². The lowest BCUT2D eigenvalue weighted by molar-refractivity contribution is 0.0853. The Kier molecular flexibility index (Phi) is 5.74. The smallest absolute Gasteiger partial charge is 0.270 e. The van der Waals surface area contributed by atoms with Crippen molar-refractivity contribution in [2.24, 2.45) is 0 Å². The van der Waals surface area contributed by atoms with Gasteiger partial charge in [-0.1, -0.05) is 36.4 Å². The van der Waals surface area contributed by atoms with Crippen LogP contribution in [0.4, 0.5) is 0 Å². The van der Waals surface area contributed by atoms with Gasteiger partial charge in [-0.25, -0.2) is 4.98 Å². The summed E-state index contributed by atoms with van der Waals surface area (Å²) in [6.07, 6.45) is 2.05. The summed E-state index contributed by atoms with van der Waals surface area (Å²) in [4.78, 5) is 28.6. The Morgan fingerprint density at radius 1 is 1.00 bits per heavy atom. The second kappa shape index (κ2) is 8.39. The van der Waals surface area contributed by atoms with E-state index in [1.807, 2.05) is 30.3 Å². The summed E-state index contributed by atoms with van der Waals surface area (Å²) in [6, 6.07) is 14.5. The minimum absolute atomic E-state index is 0.0707. The molecule has 2 N–H and O–H groups in total. The number of carbonyl (C=O) groups excluding carboxylic acids is 2. The number of hydrogen-bond acceptors (Lipinski definition) is 4. The van der Waals surface area contributed by atoms with Crippen molar-refractivity contribution in [3.05, 3.63) is 65.5 Å². The highest BCUT2D eigenvalue weighted by molar-refractivity contribution is 5.96. The molecule has 0 spiro atoms. The van der Waals surface area contributed by atoms with E-state index in [-0.39, 0.29) is 29.3 Å². The van der Waals surface area contributed by atoms with Gasteiger partial charge in [-0.05, 0) is 30.5 Å². The van der Waals surface area contributed by atoms with E-state index in [0.29, 0.717) is 13.1 Å². The predicted molar refractivity (Wildman–Crippen MR) is 93.2 cm³/mol. The number of rotatable bonds is 6. The predicted octanol–water partition coefficient (Wildman–Crippen LogP) is 1.92. The second-order valence-corrected chi connectivity index (χ2v) is 5.92. The number of nitrogens with one attached hydrogen (secondary N) is 2. The molecule has 1 aliphatic heterocycles. The van der Waals surface area contributed by atoms with E-state index in [0.717, 1.165) is 25.0 Å². The van der Waals surface area contributed by atoms with Gasteiger partial charge >= 0.3 is 0 Å². The minimum Gasteiger partial charge on any atom is -0.376 e. The number of pyridine rings is 1. The van der Waals surface area contributed by atoms with Crippen LogP contribution in [0.1, 0.15) is 39.4 Å². The van der Waals surface area contributed by atoms with Gasteiger partial charge in [-0.15, -0.1) is 0 Å². The summed E-state index contributed by atoms with van der Waals surface area (Å²) in [5.74, 6) is -0.606. The maximum atomic E-state index is 12.2. The van der Waals surface area contributed by atoms with Crippen LogP contribution >= 0.6 is 0 Å². The maximum absolute atomic E-state index is 12.2. The molecule has 0 radical (unpaired) electrons. The van der Waals surface area contributed by atoms with Gasteiger partial charge in [0, 0.05) is 19.7 Å². The largest absolute Gasteiger partial charge is 0.376 e. The first-order valence-corrected chi connectivity index (χ1v) is 8.41. The Balaban J connectivity index is 1.56. The molecule has 6 nitrogen and oxygen atoms in total. The van der Waals surface area contributed by atoms with Crippen molar-refractivity contribution < 1.29 is 14.3 Å². The van der Waals surface area contributed by atoms with Gasteiger partial charge in [0.05, 0.1) is 6.10 Å². The zero-order valence-corrected chi connectivity index (χ0v) is 13.9. The SMILES string of the molecule is O=C(NCc1ccccc1)c1cccc(C(=O)NCC2CCCO2)n1. The molecular formula is C19H21N3O3. The number of hydrogen-bond donors (Lipinski definition) is 2. The van der Waals surface area contributed by atoms with Gasteiger partial charge in [-0.3, -0.25) is 9.59 Å². The van der Waals surface area contributed by atoms with Crippen molar-refractivity contribution in [2.75, 3.05) is 13.2 Å². The van der Waals surface area contributed by atoms with Gasteiger partial charge in [-0.2, -0.15) is 0 Å². The molecule has 2 amide bonds. The number of amides is 2. The van der Waals surface area contributed by atoms with Gasteiger partial charge < -0.3 is 15.4 Å². The molecule has 1 fully saturated rings. The third-order valence-electron chi connectivity index (χ3n) is 4.02. The van der Waals surface area contributed by atoms with Crippen LogP contribution in [0.2, 0.25) is 0 Å². The van der Waals surface area contributed by atoms with Gasteiger partial charge in [0.25, 0.3) is 11.8 Å². The van der Waals surface area contributed by atoms with Crippen molar-refractivity contribution >= 4 is 11.8 Å². The average Bonchev–Trinajstić information content (AvgIpc) is 3.18. The van der Waals surface area contributed by atoms with E-state index in [1.54, 1.807) is 18.2 Å². The lowest BCUT2D eigenvalue weighted by atomic mass is 10.2. The maximum Gasteiger partial charge on any atom is 0.270 e. The summed E-state index contributed by atoms with van der Waals surface area (Å²) < 4.78 is 5.48. The molecule has 6 heteroatoms. The van der Waals surface area contributed by atoms with Gasteiger partial charge in [0.1, 0.15) is 11.4 Å². The number of carbonyl (C=O) groups is 2. The quantitative estimate of drug-likeness (QED) is 0.843. The molecule has 1 saturated heterocycles. The summed E-state index contributed by atoms with van der Waals surface area (Å²) in [5.41, 5.74) is 1.45. The van der Waals surface area contributed by atoms with Crippen LogP contribution in [0.25, 0.3) is 0 Å². The third kappa shape index (κ3) is 4.87. The van der Waals surface area contributed by atoms with Crippen LogP contribution in [0.15, 0.2) is 48.5 Å². The van der Waals surface area contributed by atoms with E-state index in [4.69, 9.17) is 4.74 Å². The molecule has 0 aliphatic carbocycles. The standard InChI is InChI=1S/C19H21N3O3/c23-18(20-12-14-6-2-1-3-7-14)16-9-4-10-17(22-16)19(24)21-13-15-8-5-11-25-15/h1-4,6-7,9-10,15H,5,8,11-13H2,(H,20,23)(H,21,24). The molecule has 1 aliphatic rings. The second-order valence-electron chi connectivity index (χ2n) is 5.92. The Bertz CT molecular complexity index is 728. The molecule has 25 heavy (non-hydrogen) atoms. The number of aromatic nitrogens is 1. The van der Waals surface area contributed by atoms with Gasteiger partial charge in [0.2, 0.25) is 0 Å². The summed E-state index contributed by atoms with van der Waals surface area (Å²) in [6.45, 7) is 1.62. The zero-order valence-electron chi connectivity index (χ0n) is 13.9. The Labute approximate surface area is 146 Å². The first-order valence-electron chi connectivity index (χ1n) is 8.41. The highest BCUT2D eigenvalue weighted by atomic mass is 16.5. The number of ether oxygens (including phenoxy) is 1. The monoisotopic (exact) mass is 339 g/mol. The molecule has 1 atom stereocenters. The molecule has 0 bridgehead atoms. The van der Waals surface area contributed by atoms with E-state index >= 15 is 0 Å². The molecule has 3 rings (SSSR count). The molecule has 0 saturated carbocycles. The normalized spacial score (nSPS) is 16.4. The Hall–Kier alpha value is -2.73. The van der Waals surface area contributed by atoms with E-state index in [2.05, 4.69) is 15.6 Å². The van der Waals surface area contributed by atoms with Gasteiger partial charge in [0.15, 0.2) is 0 Å². The fourth-order valence-electron chi connectivity index (χ4n) is 2.66.